The van der Waals surface area contributed by atoms with E-state index in [0.29, 0.717) is 12.1 Å². The highest BCUT2D eigenvalue weighted by Gasteiger charge is 2.27. The summed E-state index contributed by atoms with van der Waals surface area (Å²) in [6.07, 6.45) is 12.3. The molecule has 5 nitrogen and oxygen atoms in total. The SMILES string of the molecule is CCNC(=NCC1CCCCN1CC)NC1CCN(C2CCCC2)CC1. The van der Waals surface area contributed by atoms with Crippen LogP contribution in [0.15, 0.2) is 4.99 Å². The smallest absolute Gasteiger partial charge is 0.191 e. The Balaban J connectivity index is 1.47. The zero-order valence-electron chi connectivity index (χ0n) is 17.2. The van der Waals surface area contributed by atoms with E-state index in [1.807, 2.05) is 0 Å². The molecule has 0 aromatic heterocycles. The van der Waals surface area contributed by atoms with Crippen LogP contribution in [0.2, 0.25) is 0 Å². The Bertz CT molecular complexity index is 424. The summed E-state index contributed by atoms with van der Waals surface area (Å²) >= 11 is 0. The van der Waals surface area contributed by atoms with Crippen LogP contribution in [0.25, 0.3) is 0 Å². The normalized spacial score (nSPS) is 27.8. The molecule has 1 unspecified atom stereocenters. The van der Waals surface area contributed by atoms with Crippen LogP contribution >= 0.6 is 0 Å². The molecule has 0 radical (unpaired) electrons. The minimum Gasteiger partial charge on any atom is -0.357 e. The number of likely N-dealkylation sites (N-methyl/N-ethyl adjacent to an activating group) is 1. The Kier molecular flexibility index (Phi) is 8.06. The third-order valence-electron chi connectivity index (χ3n) is 6.67. The number of nitrogens with zero attached hydrogens (tertiary/aromatic N) is 3. The molecule has 5 heteroatoms. The van der Waals surface area contributed by atoms with E-state index in [0.717, 1.165) is 31.6 Å². The molecule has 1 saturated carbocycles. The second kappa shape index (κ2) is 10.5. The average molecular weight is 364 g/mol. The summed E-state index contributed by atoms with van der Waals surface area (Å²) in [6.45, 7) is 11.2. The maximum Gasteiger partial charge on any atom is 0.191 e. The molecule has 26 heavy (non-hydrogen) atoms. The molecule has 1 atom stereocenters. The summed E-state index contributed by atoms with van der Waals surface area (Å²) < 4.78 is 0. The van der Waals surface area contributed by atoms with Crippen molar-refractivity contribution in [1.29, 1.82) is 0 Å². The van der Waals surface area contributed by atoms with Gasteiger partial charge in [-0.1, -0.05) is 26.2 Å². The maximum absolute atomic E-state index is 4.97. The Morgan fingerprint density at radius 2 is 1.65 bits per heavy atom. The van der Waals surface area contributed by atoms with Gasteiger partial charge in [-0.05, 0) is 58.5 Å². The third kappa shape index (κ3) is 5.59. The first kappa shape index (κ1) is 19.9. The van der Waals surface area contributed by atoms with Gasteiger partial charge in [0.05, 0.1) is 6.54 Å². The van der Waals surface area contributed by atoms with Gasteiger partial charge in [0.2, 0.25) is 0 Å². The lowest BCUT2D eigenvalue weighted by Gasteiger charge is -2.37. The van der Waals surface area contributed by atoms with Crippen LogP contribution in [0.4, 0.5) is 0 Å². The van der Waals surface area contributed by atoms with Crippen LogP contribution in [0, 0.1) is 0 Å². The molecular formula is C21H41N5. The zero-order chi connectivity index (χ0) is 18.2. The molecule has 1 aliphatic carbocycles. The van der Waals surface area contributed by atoms with Gasteiger partial charge in [-0.2, -0.15) is 0 Å². The Labute approximate surface area is 161 Å². The van der Waals surface area contributed by atoms with Crippen molar-refractivity contribution in [3.05, 3.63) is 0 Å². The molecule has 0 spiro atoms. The van der Waals surface area contributed by atoms with Gasteiger partial charge in [-0.25, -0.2) is 0 Å². The predicted octanol–water partition coefficient (Wildman–Crippen LogP) is 2.82. The van der Waals surface area contributed by atoms with E-state index in [2.05, 4.69) is 34.3 Å². The highest BCUT2D eigenvalue weighted by atomic mass is 15.2. The Morgan fingerprint density at radius 1 is 0.923 bits per heavy atom. The molecule has 3 fully saturated rings. The van der Waals surface area contributed by atoms with Crippen LogP contribution in [0.3, 0.4) is 0 Å². The highest BCUT2D eigenvalue weighted by molar-refractivity contribution is 5.80. The minimum absolute atomic E-state index is 0.582. The van der Waals surface area contributed by atoms with Gasteiger partial charge in [0.25, 0.3) is 0 Å². The monoisotopic (exact) mass is 363 g/mol. The first-order chi connectivity index (χ1) is 12.8. The number of rotatable bonds is 6. The van der Waals surface area contributed by atoms with Crippen LogP contribution < -0.4 is 10.6 Å². The van der Waals surface area contributed by atoms with Gasteiger partial charge in [0, 0.05) is 37.8 Å². The number of likely N-dealkylation sites (tertiary alicyclic amines) is 2. The van der Waals surface area contributed by atoms with E-state index in [9.17, 15) is 0 Å². The van der Waals surface area contributed by atoms with Crippen LogP contribution in [0.1, 0.15) is 71.6 Å². The number of hydrogen-bond donors (Lipinski definition) is 2. The van der Waals surface area contributed by atoms with Crippen molar-refractivity contribution >= 4 is 5.96 Å². The molecule has 0 bridgehead atoms. The molecule has 0 aromatic carbocycles. The largest absolute Gasteiger partial charge is 0.357 e. The fourth-order valence-corrected chi connectivity index (χ4v) is 5.07. The van der Waals surface area contributed by atoms with E-state index >= 15 is 0 Å². The fourth-order valence-electron chi connectivity index (χ4n) is 5.07. The first-order valence-electron chi connectivity index (χ1n) is 11.3. The van der Waals surface area contributed by atoms with Crippen LogP contribution in [-0.4, -0.2) is 73.2 Å². The fraction of sp³-hybridized carbons (Fsp3) is 0.952. The van der Waals surface area contributed by atoms with E-state index in [-0.39, 0.29) is 0 Å². The summed E-state index contributed by atoms with van der Waals surface area (Å²) in [6, 6.07) is 2.09. The number of nitrogens with one attached hydrogen (secondary N) is 2. The minimum atomic E-state index is 0.582. The molecule has 2 aliphatic heterocycles. The lowest BCUT2D eigenvalue weighted by molar-refractivity contribution is 0.150. The van der Waals surface area contributed by atoms with Gasteiger partial charge < -0.3 is 15.5 Å². The van der Waals surface area contributed by atoms with Gasteiger partial charge in [-0.3, -0.25) is 9.89 Å². The Morgan fingerprint density at radius 3 is 2.35 bits per heavy atom. The van der Waals surface area contributed by atoms with Gasteiger partial charge in [0.1, 0.15) is 0 Å². The second-order valence-electron chi connectivity index (χ2n) is 8.39. The van der Waals surface area contributed by atoms with Crippen molar-refractivity contribution in [1.82, 2.24) is 20.4 Å². The van der Waals surface area contributed by atoms with Crippen LogP contribution in [-0.2, 0) is 0 Å². The third-order valence-corrected chi connectivity index (χ3v) is 6.67. The van der Waals surface area contributed by atoms with Crippen molar-refractivity contribution in [3.8, 4) is 0 Å². The predicted molar refractivity (Wildman–Crippen MR) is 111 cm³/mol. The molecule has 2 heterocycles. The molecule has 0 aromatic rings. The average Bonchev–Trinajstić information content (AvgIpc) is 3.22. The highest BCUT2D eigenvalue weighted by Crippen LogP contribution is 2.26. The quantitative estimate of drug-likeness (QED) is 0.562. The van der Waals surface area contributed by atoms with Crippen molar-refractivity contribution in [2.75, 3.05) is 39.3 Å². The second-order valence-corrected chi connectivity index (χ2v) is 8.39. The van der Waals surface area contributed by atoms with Crippen molar-refractivity contribution < 1.29 is 0 Å². The summed E-state index contributed by atoms with van der Waals surface area (Å²) in [5.41, 5.74) is 0. The van der Waals surface area contributed by atoms with Crippen molar-refractivity contribution in [2.24, 2.45) is 4.99 Å². The number of aliphatic imine (C=N–C) groups is 1. The molecular weight excluding hydrogens is 322 g/mol. The molecule has 150 valence electrons. The molecule has 0 amide bonds. The van der Waals surface area contributed by atoms with E-state index in [1.54, 1.807) is 0 Å². The van der Waals surface area contributed by atoms with E-state index in [4.69, 9.17) is 4.99 Å². The number of hydrogen-bond acceptors (Lipinski definition) is 3. The van der Waals surface area contributed by atoms with Crippen molar-refractivity contribution in [3.63, 3.8) is 0 Å². The summed E-state index contributed by atoms with van der Waals surface area (Å²) in [4.78, 5) is 10.3. The lowest BCUT2D eigenvalue weighted by Crippen LogP contribution is -2.50. The molecule has 2 N–H and O–H groups in total. The topological polar surface area (TPSA) is 42.9 Å². The number of guanidine groups is 1. The van der Waals surface area contributed by atoms with Gasteiger partial charge >= 0.3 is 0 Å². The van der Waals surface area contributed by atoms with Gasteiger partial charge in [0.15, 0.2) is 5.96 Å². The standard InChI is InChI=1S/C21H41N5/c1-3-22-21(23-17-20-11-7-8-14-25(20)4-2)24-18-12-15-26(16-13-18)19-9-5-6-10-19/h18-20H,3-17H2,1-2H3,(H2,22,23,24). The molecule has 3 rings (SSSR count). The first-order valence-corrected chi connectivity index (χ1v) is 11.3. The van der Waals surface area contributed by atoms with E-state index in [1.165, 1.54) is 77.4 Å². The van der Waals surface area contributed by atoms with Crippen molar-refractivity contribution in [2.45, 2.75) is 89.8 Å². The zero-order valence-corrected chi connectivity index (χ0v) is 17.2. The molecule has 2 saturated heterocycles. The Hall–Kier alpha value is -0.810. The van der Waals surface area contributed by atoms with Gasteiger partial charge in [-0.15, -0.1) is 0 Å². The summed E-state index contributed by atoms with van der Waals surface area (Å²) in [7, 11) is 0. The summed E-state index contributed by atoms with van der Waals surface area (Å²) in [5, 5.41) is 7.21. The van der Waals surface area contributed by atoms with Crippen LogP contribution in [0.5, 0.6) is 0 Å². The number of piperidine rings is 2. The summed E-state index contributed by atoms with van der Waals surface area (Å²) in [5.74, 6) is 1.04. The van der Waals surface area contributed by atoms with E-state index < -0.39 is 0 Å². The molecule has 3 aliphatic rings. The lowest BCUT2D eigenvalue weighted by atomic mass is 10.0. The maximum atomic E-state index is 4.97.